The van der Waals surface area contributed by atoms with Gasteiger partial charge in [0.15, 0.2) is 18.2 Å². The summed E-state index contributed by atoms with van der Waals surface area (Å²) in [5, 5.41) is 0. The zero-order chi connectivity index (χ0) is 15.9. The first-order valence-corrected chi connectivity index (χ1v) is 6.18. The molecule has 0 saturated heterocycles. The Hall–Kier alpha value is -2.18. The lowest BCUT2D eigenvalue weighted by Gasteiger charge is -2.03. The molecule has 2 aromatic rings. The van der Waals surface area contributed by atoms with Gasteiger partial charge in [-0.25, -0.2) is 4.98 Å². The van der Waals surface area contributed by atoms with E-state index < -0.39 is 7.25 Å². The summed E-state index contributed by atoms with van der Waals surface area (Å²) in [4.78, 5) is 15.0. The van der Waals surface area contributed by atoms with Crippen molar-refractivity contribution in [2.24, 2.45) is 0 Å². The SMILES string of the molecule is Cc1ccccc1C(=O)Cc1cc[nH+]cc1.F[B-](F)(F)F. The number of aromatic nitrogens is 1. The van der Waals surface area contributed by atoms with E-state index in [1.165, 1.54) is 0 Å². The molecule has 1 aromatic heterocycles. The Balaban J connectivity index is 0.000000383. The molecule has 1 aromatic carbocycles. The largest absolute Gasteiger partial charge is 0.673 e. The molecule has 0 unspecified atom stereocenters. The summed E-state index contributed by atoms with van der Waals surface area (Å²) >= 11 is 0. The van der Waals surface area contributed by atoms with E-state index in [4.69, 9.17) is 0 Å². The van der Waals surface area contributed by atoms with Crippen LogP contribution in [0.1, 0.15) is 21.5 Å². The molecule has 0 aliphatic rings. The number of benzene rings is 1. The lowest BCUT2D eigenvalue weighted by atomic mass is 10.00. The van der Waals surface area contributed by atoms with Crippen LogP contribution >= 0.6 is 0 Å². The van der Waals surface area contributed by atoms with Crippen molar-refractivity contribution in [3.63, 3.8) is 0 Å². The van der Waals surface area contributed by atoms with Gasteiger partial charge in [0.05, 0.1) is 0 Å². The molecule has 0 aliphatic carbocycles. The van der Waals surface area contributed by atoms with Crippen molar-refractivity contribution in [1.29, 1.82) is 0 Å². The topological polar surface area (TPSA) is 31.2 Å². The number of halogens is 4. The highest BCUT2D eigenvalue weighted by Gasteiger charge is 2.20. The van der Waals surface area contributed by atoms with E-state index in [1.54, 1.807) is 0 Å². The fourth-order valence-corrected chi connectivity index (χ4v) is 1.71. The van der Waals surface area contributed by atoms with Gasteiger partial charge in [-0.2, -0.15) is 0 Å². The Morgan fingerprint density at radius 2 is 1.57 bits per heavy atom. The molecule has 1 N–H and O–H groups in total. The molecule has 0 amide bonds. The van der Waals surface area contributed by atoms with E-state index in [-0.39, 0.29) is 5.78 Å². The minimum atomic E-state index is -6.00. The molecule has 0 bridgehead atoms. The Bertz CT molecular complexity index is 581. The molecular weight excluding hydrogens is 285 g/mol. The van der Waals surface area contributed by atoms with Crippen molar-refractivity contribution in [3.05, 3.63) is 65.5 Å². The zero-order valence-corrected chi connectivity index (χ0v) is 11.3. The molecule has 0 saturated carbocycles. The van der Waals surface area contributed by atoms with E-state index in [9.17, 15) is 22.1 Å². The molecule has 0 fully saturated rings. The molecule has 0 aliphatic heterocycles. The van der Waals surface area contributed by atoms with Crippen molar-refractivity contribution in [2.45, 2.75) is 13.3 Å². The minimum Gasteiger partial charge on any atom is -0.418 e. The molecule has 1 heterocycles. The number of hydrogen-bond donors (Lipinski definition) is 0. The molecule has 0 spiro atoms. The lowest BCUT2D eigenvalue weighted by molar-refractivity contribution is -0.378. The number of H-pyrrole nitrogens is 1. The van der Waals surface area contributed by atoms with Gasteiger partial charge in [-0.3, -0.25) is 4.79 Å². The third-order valence-electron chi connectivity index (χ3n) is 2.60. The number of pyridine rings is 1. The number of carbonyl (C=O) groups excluding carboxylic acids is 1. The number of rotatable bonds is 3. The summed E-state index contributed by atoms with van der Waals surface area (Å²) in [6.45, 7) is 1.96. The lowest BCUT2D eigenvalue weighted by Crippen LogP contribution is -2.07. The average molecular weight is 299 g/mol. The Morgan fingerprint density at radius 1 is 1.05 bits per heavy atom. The molecule has 2 rings (SSSR count). The Kier molecular flexibility index (Phi) is 6.08. The summed E-state index contributed by atoms with van der Waals surface area (Å²) in [7, 11) is -6.00. The molecular formula is C14H14BF4NO. The highest BCUT2D eigenvalue weighted by atomic mass is 19.5. The predicted molar refractivity (Wildman–Crippen MR) is 72.4 cm³/mol. The molecule has 2 nitrogen and oxygen atoms in total. The number of Topliss-reactive ketones (excluding diaryl/α,β-unsaturated/α-hetero) is 1. The van der Waals surface area contributed by atoms with E-state index >= 15 is 0 Å². The quantitative estimate of drug-likeness (QED) is 0.484. The van der Waals surface area contributed by atoms with Crippen LogP contribution < -0.4 is 4.98 Å². The summed E-state index contributed by atoms with van der Waals surface area (Å²) in [5.41, 5.74) is 2.89. The van der Waals surface area contributed by atoms with Crippen LogP contribution in [0.5, 0.6) is 0 Å². The number of ketones is 1. The van der Waals surface area contributed by atoms with Crippen molar-refractivity contribution in [2.75, 3.05) is 0 Å². The molecule has 7 heteroatoms. The van der Waals surface area contributed by atoms with Crippen LogP contribution in [0.2, 0.25) is 0 Å². The molecule has 0 atom stereocenters. The van der Waals surface area contributed by atoms with Gasteiger partial charge in [0, 0.05) is 24.1 Å². The van der Waals surface area contributed by atoms with Gasteiger partial charge in [-0.05, 0) is 18.1 Å². The summed E-state index contributed by atoms with van der Waals surface area (Å²) < 4.78 is 39.0. The van der Waals surface area contributed by atoms with Crippen LogP contribution in [0.3, 0.4) is 0 Å². The maximum absolute atomic E-state index is 12.0. The fraction of sp³-hybridized carbons (Fsp3) is 0.143. The predicted octanol–water partition coefficient (Wildman–Crippen LogP) is 3.53. The first-order chi connectivity index (χ1) is 9.77. The van der Waals surface area contributed by atoms with Gasteiger partial charge in [0.1, 0.15) is 0 Å². The van der Waals surface area contributed by atoms with Crippen LogP contribution in [0.4, 0.5) is 17.3 Å². The second-order valence-electron chi connectivity index (χ2n) is 4.32. The monoisotopic (exact) mass is 299 g/mol. The van der Waals surface area contributed by atoms with Gasteiger partial charge < -0.3 is 17.3 Å². The second-order valence-corrected chi connectivity index (χ2v) is 4.32. The minimum absolute atomic E-state index is 0.171. The molecule has 21 heavy (non-hydrogen) atoms. The number of aromatic amines is 1. The van der Waals surface area contributed by atoms with Crippen LogP contribution in [0.25, 0.3) is 0 Å². The first kappa shape index (κ1) is 16.9. The first-order valence-electron chi connectivity index (χ1n) is 6.18. The summed E-state index contributed by atoms with van der Waals surface area (Å²) in [6.07, 6.45) is 4.13. The van der Waals surface area contributed by atoms with Crippen LogP contribution in [-0.4, -0.2) is 13.0 Å². The smallest absolute Gasteiger partial charge is 0.418 e. The number of nitrogens with one attached hydrogen (secondary N) is 1. The number of aryl methyl sites for hydroxylation is 1. The third-order valence-corrected chi connectivity index (χ3v) is 2.60. The average Bonchev–Trinajstić information content (AvgIpc) is 2.38. The summed E-state index contributed by atoms with van der Waals surface area (Å²) in [5.74, 6) is 0.171. The summed E-state index contributed by atoms with van der Waals surface area (Å²) in [6, 6.07) is 11.5. The highest BCUT2D eigenvalue weighted by molar-refractivity contribution is 6.50. The van der Waals surface area contributed by atoms with Gasteiger partial charge in [0.2, 0.25) is 0 Å². The van der Waals surface area contributed by atoms with Gasteiger partial charge >= 0.3 is 7.25 Å². The van der Waals surface area contributed by atoms with E-state index in [0.29, 0.717) is 6.42 Å². The third kappa shape index (κ3) is 7.24. The maximum atomic E-state index is 12.0. The fourth-order valence-electron chi connectivity index (χ4n) is 1.71. The van der Waals surface area contributed by atoms with Crippen molar-refractivity contribution >= 4 is 13.0 Å². The van der Waals surface area contributed by atoms with Gasteiger partial charge in [-0.15, -0.1) is 0 Å². The van der Waals surface area contributed by atoms with E-state index in [2.05, 4.69) is 4.98 Å². The van der Waals surface area contributed by atoms with Crippen LogP contribution in [0, 0.1) is 6.92 Å². The zero-order valence-electron chi connectivity index (χ0n) is 11.3. The normalized spacial score (nSPS) is 10.5. The number of hydrogen-bond acceptors (Lipinski definition) is 1. The number of carbonyl (C=O) groups is 1. The Labute approximate surface area is 119 Å². The maximum Gasteiger partial charge on any atom is 0.673 e. The highest BCUT2D eigenvalue weighted by Crippen LogP contribution is 2.11. The van der Waals surface area contributed by atoms with Crippen LogP contribution in [0.15, 0.2) is 48.8 Å². The van der Waals surface area contributed by atoms with Crippen molar-refractivity contribution < 1.29 is 27.0 Å². The van der Waals surface area contributed by atoms with E-state index in [1.807, 2.05) is 55.7 Å². The second kappa shape index (κ2) is 7.57. The van der Waals surface area contributed by atoms with Gasteiger partial charge in [0.25, 0.3) is 0 Å². The van der Waals surface area contributed by atoms with Crippen LogP contribution in [-0.2, 0) is 6.42 Å². The standard InChI is InChI=1S/C14H13NO.BF4/c1-11-4-2-3-5-13(11)14(16)10-12-6-8-15-9-7-12;2-1(3,4)5/h2-9H,10H2,1H3;/q;-1/p+1. The van der Waals surface area contributed by atoms with Crippen molar-refractivity contribution in [3.8, 4) is 0 Å². The van der Waals surface area contributed by atoms with Crippen molar-refractivity contribution in [1.82, 2.24) is 0 Å². The Morgan fingerprint density at radius 3 is 2.10 bits per heavy atom. The van der Waals surface area contributed by atoms with Gasteiger partial charge in [-0.1, -0.05) is 24.3 Å². The molecule has 112 valence electrons. The van der Waals surface area contributed by atoms with E-state index in [0.717, 1.165) is 16.7 Å². The molecule has 0 radical (unpaired) electrons.